The minimum absolute atomic E-state index is 0.147. The third-order valence-electron chi connectivity index (χ3n) is 4.57. The fourth-order valence-corrected chi connectivity index (χ4v) is 3.09. The molecule has 2 heterocycles. The molecule has 2 aromatic heterocycles. The van der Waals surface area contributed by atoms with E-state index in [0.29, 0.717) is 11.6 Å². The number of aromatic nitrogens is 3. The van der Waals surface area contributed by atoms with Crippen LogP contribution in [0.3, 0.4) is 0 Å². The largest absolute Gasteiger partial charge is 0.361 e. The summed E-state index contributed by atoms with van der Waals surface area (Å²) in [6.07, 6.45) is 0.196. The van der Waals surface area contributed by atoms with Crippen molar-refractivity contribution in [2.24, 2.45) is 0 Å². The Bertz CT molecular complexity index is 1080. The lowest BCUT2D eigenvalue weighted by atomic mass is 10.1. The van der Waals surface area contributed by atoms with Gasteiger partial charge in [-0.25, -0.2) is 4.68 Å². The average Bonchev–Trinajstić information content (AvgIpc) is 3.28. The summed E-state index contributed by atoms with van der Waals surface area (Å²) in [7, 11) is 0. The first-order valence-corrected chi connectivity index (χ1v) is 9.04. The first-order valence-electron chi connectivity index (χ1n) is 9.04. The van der Waals surface area contributed by atoms with Crippen LogP contribution in [0.4, 0.5) is 5.82 Å². The fourth-order valence-electron chi connectivity index (χ4n) is 3.09. The van der Waals surface area contributed by atoms with Crippen molar-refractivity contribution in [1.82, 2.24) is 14.9 Å². The number of nitrogens with zero attached hydrogens (tertiary/aromatic N) is 3. The molecule has 0 saturated heterocycles. The van der Waals surface area contributed by atoms with Crippen molar-refractivity contribution in [3.05, 3.63) is 83.7 Å². The SMILES string of the molecule is Cc1noc(C)c1CC(=O)Nc1cc(-c2ccccc2)nn1-c1ccccc1. The lowest BCUT2D eigenvalue weighted by molar-refractivity contribution is -0.115. The maximum atomic E-state index is 12.7. The lowest BCUT2D eigenvalue weighted by Crippen LogP contribution is -2.17. The van der Waals surface area contributed by atoms with Crippen molar-refractivity contribution in [3.8, 4) is 16.9 Å². The molecule has 0 bridgehead atoms. The van der Waals surface area contributed by atoms with E-state index in [1.165, 1.54) is 0 Å². The van der Waals surface area contributed by atoms with E-state index < -0.39 is 0 Å². The second-order valence-electron chi connectivity index (χ2n) is 6.56. The summed E-state index contributed by atoms with van der Waals surface area (Å²) in [5.74, 6) is 1.13. The molecule has 0 aliphatic heterocycles. The number of carbonyl (C=O) groups is 1. The maximum Gasteiger partial charge on any atom is 0.230 e. The van der Waals surface area contributed by atoms with Crippen LogP contribution in [0.25, 0.3) is 16.9 Å². The summed E-state index contributed by atoms with van der Waals surface area (Å²) in [6, 6.07) is 21.5. The van der Waals surface area contributed by atoms with Crippen molar-refractivity contribution >= 4 is 11.7 Å². The Morgan fingerprint density at radius 3 is 2.36 bits per heavy atom. The molecule has 0 spiro atoms. The minimum atomic E-state index is -0.147. The number of nitrogens with one attached hydrogen (secondary N) is 1. The van der Waals surface area contributed by atoms with E-state index in [2.05, 4.69) is 10.5 Å². The highest BCUT2D eigenvalue weighted by Crippen LogP contribution is 2.25. The molecule has 4 aromatic rings. The number of hydrogen-bond donors (Lipinski definition) is 1. The second-order valence-corrected chi connectivity index (χ2v) is 6.56. The summed E-state index contributed by atoms with van der Waals surface area (Å²) in [4.78, 5) is 12.7. The van der Waals surface area contributed by atoms with Crippen molar-refractivity contribution in [3.63, 3.8) is 0 Å². The number of benzene rings is 2. The Balaban J connectivity index is 1.67. The van der Waals surface area contributed by atoms with Gasteiger partial charge in [0.25, 0.3) is 0 Å². The molecule has 6 nitrogen and oxygen atoms in total. The van der Waals surface area contributed by atoms with Crippen LogP contribution in [0.5, 0.6) is 0 Å². The van der Waals surface area contributed by atoms with Gasteiger partial charge in [0, 0.05) is 17.2 Å². The monoisotopic (exact) mass is 372 g/mol. The zero-order valence-corrected chi connectivity index (χ0v) is 15.7. The van der Waals surface area contributed by atoms with E-state index in [9.17, 15) is 4.79 Å². The molecule has 2 aromatic carbocycles. The highest BCUT2D eigenvalue weighted by Gasteiger charge is 2.17. The molecule has 140 valence electrons. The highest BCUT2D eigenvalue weighted by atomic mass is 16.5. The van der Waals surface area contributed by atoms with E-state index in [1.807, 2.05) is 80.6 Å². The van der Waals surface area contributed by atoms with Crippen molar-refractivity contribution in [1.29, 1.82) is 0 Å². The first-order chi connectivity index (χ1) is 13.6. The van der Waals surface area contributed by atoms with Crippen LogP contribution in [0.1, 0.15) is 17.0 Å². The number of aryl methyl sites for hydroxylation is 2. The van der Waals surface area contributed by atoms with Crippen LogP contribution in [0.15, 0.2) is 71.3 Å². The first kappa shape index (κ1) is 17.7. The molecular formula is C22H20N4O2. The Morgan fingerprint density at radius 1 is 1.04 bits per heavy atom. The van der Waals surface area contributed by atoms with Gasteiger partial charge in [-0.3, -0.25) is 4.79 Å². The summed E-state index contributed by atoms with van der Waals surface area (Å²) in [5.41, 5.74) is 4.19. The molecule has 0 unspecified atom stereocenters. The van der Waals surface area contributed by atoms with Gasteiger partial charge in [-0.15, -0.1) is 0 Å². The number of para-hydroxylation sites is 1. The van der Waals surface area contributed by atoms with Gasteiger partial charge in [0.2, 0.25) is 5.91 Å². The quantitative estimate of drug-likeness (QED) is 0.566. The highest BCUT2D eigenvalue weighted by molar-refractivity contribution is 5.92. The number of carbonyl (C=O) groups excluding carboxylic acids is 1. The van der Waals surface area contributed by atoms with Crippen LogP contribution in [0.2, 0.25) is 0 Å². The van der Waals surface area contributed by atoms with E-state index in [-0.39, 0.29) is 12.3 Å². The van der Waals surface area contributed by atoms with Crippen LogP contribution >= 0.6 is 0 Å². The van der Waals surface area contributed by atoms with Gasteiger partial charge < -0.3 is 9.84 Å². The second kappa shape index (κ2) is 7.52. The standard InChI is InChI=1S/C22H20N4O2/c1-15-19(16(2)28-25-15)13-22(27)23-21-14-20(17-9-5-3-6-10-17)24-26(21)18-11-7-4-8-12-18/h3-12,14H,13H2,1-2H3,(H,23,27). The molecule has 0 fully saturated rings. The van der Waals surface area contributed by atoms with Crippen molar-refractivity contribution in [2.75, 3.05) is 5.32 Å². The molecule has 4 rings (SSSR count). The zero-order valence-electron chi connectivity index (χ0n) is 15.7. The predicted octanol–water partition coefficient (Wildman–Crippen LogP) is 4.33. The van der Waals surface area contributed by atoms with E-state index in [1.54, 1.807) is 4.68 Å². The molecule has 1 amide bonds. The predicted molar refractivity (Wildman–Crippen MR) is 107 cm³/mol. The van der Waals surface area contributed by atoms with Gasteiger partial charge in [0.05, 0.1) is 23.5 Å². The molecule has 28 heavy (non-hydrogen) atoms. The minimum Gasteiger partial charge on any atom is -0.361 e. The molecule has 0 aliphatic carbocycles. The topological polar surface area (TPSA) is 73.0 Å². The van der Waals surface area contributed by atoms with Gasteiger partial charge in [-0.2, -0.15) is 5.10 Å². The Labute approximate surface area is 162 Å². The normalized spacial score (nSPS) is 10.8. The molecule has 1 N–H and O–H groups in total. The van der Waals surface area contributed by atoms with Crippen LogP contribution in [0, 0.1) is 13.8 Å². The van der Waals surface area contributed by atoms with Gasteiger partial charge in [0.1, 0.15) is 11.6 Å². The average molecular weight is 372 g/mol. The third-order valence-corrected chi connectivity index (χ3v) is 4.57. The molecule has 0 saturated carbocycles. The number of amides is 1. The summed E-state index contributed by atoms with van der Waals surface area (Å²) < 4.78 is 6.90. The molecule has 0 radical (unpaired) electrons. The molecular weight excluding hydrogens is 352 g/mol. The van der Waals surface area contributed by atoms with Crippen LogP contribution < -0.4 is 5.32 Å². The number of rotatable bonds is 5. The summed E-state index contributed by atoms with van der Waals surface area (Å²) >= 11 is 0. The number of anilines is 1. The Kier molecular flexibility index (Phi) is 4.76. The van der Waals surface area contributed by atoms with E-state index in [0.717, 1.165) is 28.2 Å². The third kappa shape index (κ3) is 3.57. The van der Waals surface area contributed by atoms with E-state index >= 15 is 0 Å². The molecule has 6 heteroatoms. The number of hydrogen-bond acceptors (Lipinski definition) is 4. The smallest absolute Gasteiger partial charge is 0.230 e. The van der Waals surface area contributed by atoms with Gasteiger partial charge >= 0.3 is 0 Å². The zero-order chi connectivity index (χ0) is 19.5. The molecule has 0 atom stereocenters. The Morgan fingerprint density at radius 2 is 1.71 bits per heavy atom. The fraction of sp³-hybridized carbons (Fsp3) is 0.136. The molecule has 0 aliphatic rings. The van der Waals surface area contributed by atoms with Gasteiger partial charge in [-0.1, -0.05) is 53.7 Å². The lowest BCUT2D eigenvalue weighted by Gasteiger charge is -2.08. The van der Waals surface area contributed by atoms with Crippen LogP contribution in [-0.4, -0.2) is 20.8 Å². The van der Waals surface area contributed by atoms with Crippen LogP contribution in [-0.2, 0) is 11.2 Å². The van der Waals surface area contributed by atoms with Gasteiger partial charge in [0.15, 0.2) is 0 Å². The van der Waals surface area contributed by atoms with Crippen molar-refractivity contribution in [2.45, 2.75) is 20.3 Å². The van der Waals surface area contributed by atoms with Crippen molar-refractivity contribution < 1.29 is 9.32 Å². The summed E-state index contributed by atoms with van der Waals surface area (Å²) in [5, 5.41) is 11.6. The summed E-state index contributed by atoms with van der Waals surface area (Å²) in [6.45, 7) is 3.64. The maximum absolute atomic E-state index is 12.7. The van der Waals surface area contributed by atoms with Gasteiger partial charge in [-0.05, 0) is 26.0 Å². The Hall–Kier alpha value is -3.67. The van der Waals surface area contributed by atoms with E-state index in [4.69, 9.17) is 9.62 Å².